The molecule has 6 heteroatoms. The molecular weight excluding hydrogens is 334 g/mol. The molecule has 0 spiro atoms. The number of hydrogen-bond donors (Lipinski definition) is 0. The SMILES string of the molecule is [C-]#[N+]/C(=C1/C=CSC2=C1CCCC2)c1ccc(S(C)(=O)=O)s1. The molecule has 3 rings (SSSR count). The van der Waals surface area contributed by atoms with Gasteiger partial charge in [-0.15, -0.1) is 23.1 Å². The number of thioether (sulfide) groups is 1. The van der Waals surface area contributed by atoms with E-state index in [9.17, 15) is 8.42 Å². The van der Waals surface area contributed by atoms with E-state index in [-0.39, 0.29) is 0 Å². The Bertz CT molecular complexity index is 848. The normalized spacial score (nSPS) is 20.5. The zero-order chi connectivity index (χ0) is 15.7. The Hall–Kier alpha value is -1.29. The van der Waals surface area contributed by atoms with Gasteiger partial charge in [0.2, 0.25) is 5.70 Å². The van der Waals surface area contributed by atoms with Gasteiger partial charge < -0.3 is 0 Å². The van der Waals surface area contributed by atoms with E-state index in [4.69, 9.17) is 6.57 Å². The van der Waals surface area contributed by atoms with Gasteiger partial charge in [-0.1, -0.05) is 12.1 Å². The van der Waals surface area contributed by atoms with Crippen LogP contribution in [0.1, 0.15) is 30.6 Å². The van der Waals surface area contributed by atoms with Crippen LogP contribution in [0.15, 0.2) is 43.9 Å². The maximum absolute atomic E-state index is 11.7. The first-order chi connectivity index (χ1) is 10.5. The molecule has 22 heavy (non-hydrogen) atoms. The summed E-state index contributed by atoms with van der Waals surface area (Å²) in [5.41, 5.74) is 2.83. The minimum atomic E-state index is -3.22. The fourth-order valence-electron chi connectivity index (χ4n) is 2.69. The molecule has 0 unspecified atom stereocenters. The van der Waals surface area contributed by atoms with Crippen molar-refractivity contribution in [2.24, 2.45) is 0 Å². The Kier molecular flexibility index (Phi) is 4.31. The Labute approximate surface area is 139 Å². The second-order valence-electron chi connectivity index (χ2n) is 5.29. The van der Waals surface area contributed by atoms with Crippen molar-refractivity contribution in [2.45, 2.75) is 29.9 Å². The van der Waals surface area contributed by atoms with Crippen molar-refractivity contribution in [3.05, 3.63) is 56.0 Å². The number of hydrogen-bond acceptors (Lipinski definition) is 4. The fourth-order valence-corrected chi connectivity index (χ4v) is 5.61. The Balaban J connectivity index is 2.12. The van der Waals surface area contributed by atoms with E-state index in [1.54, 1.807) is 23.9 Å². The molecule has 0 aromatic carbocycles. The molecule has 2 heterocycles. The van der Waals surface area contributed by atoms with Gasteiger partial charge in [-0.3, -0.25) is 0 Å². The molecule has 1 aliphatic heterocycles. The highest BCUT2D eigenvalue weighted by molar-refractivity contribution is 8.05. The minimum absolute atomic E-state index is 0.316. The van der Waals surface area contributed by atoms with Crippen LogP contribution >= 0.6 is 23.1 Å². The number of allylic oxidation sites excluding steroid dienone is 4. The van der Waals surface area contributed by atoms with Gasteiger partial charge >= 0.3 is 0 Å². The molecule has 0 atom stereocenters. The first-order valence-corrected chi connectivity index (χ1v) is 10.6. The zero-order valence-corrected chi connectivity index (χ0v) is 14.6. The molecule has 0 bridgehead atoms. The molecule has 0 saturated heterocycles. The molecule has 0 saturated carbocycles. The first kappa shape index (κ1) is 15.6. The zero-order valence-electron chi connectivity index (χ0n) is 12.1. The molecule has 0 N–H and O–H groups in total. The van der Waals surface area contributed by atoms with Crippen LogP contribution in [0, 0.1) is 6.57 Å². The fraction of sp³-hybridized carbons (Fsp3) is 0.312. The van der Waals surface area contributed by atoms with E-state index < -0.39 is 9.84 Å². The highest BCUT2D eigenvalue weighted by atomic mass is 32.2. The lowest BCUT2D eigenvalue weighted by Gasteiger charge is -2.24. The summed E-state index contributed by atoms with van der Waals surface area (Å²) in [6, 6.07) is 3.35. The molecule has 0 amide bonds. The summed E-state index contributed by atoms with van der Waals surface area (Å²) >= 11 is 2.94. The Morgan fingerprint density at radius 1 is 1.27 bits per heavy atom. The van der Waals surface area contributed by atoms with E-state index in [0.717, 1.165) is 29.7 Å². The third-order valence-electron chi connectivity index (χ3n) is 3.73. The van der Waals surface area contributed by atoms with E-state index in [0.29, 0.717) is 9.91 Å². The van der Waals surface area contributed by atoms with Gasteiger partial charge in [0.15, 0.2) is 9.84 Å². The topological polar surface area (TPSA) is 38.5 Å². The van der Waals surface area contributed by atoms with Crippen LogP contribution < -0.4 is 0 Å². The molecule has 114 valence electrons. The molecule has 0 fully saturated rings. The largest absolute Gasteiger partial charge is 0.236 e. The van der Waals surface area contributed by atoms with Crippen LogP contribution in [-0.2, 0) is 9.84 Å². The lowest BCUT2D eigenvalue weighted by molar-refractivity contribution is 0.604. The molecular formula is C16H15NO2S3. The summed E-state index contributed by atoms with van der Waals surface area (Å²) in [6.45, 7) is 7.57. The summed E-state index contributed by atoms with van der Waals surface area (Å²) in [7, 11) is -3.22. The van der Waals surface area contributed by atoms with Crippen molar-refractivity contribution in [2.75, 3.05) is 6.26 Å². The predicted molar refractivity (Wildman–Crippen MR) is 93.2 cm³/mol. The quantitative estimate of drug-likeness (QED) is 0.715. The molecule has 3 nitrogen and oxygen atoms in total. The van der Waals surface area contributed by atoms with Gasteiger partial charge in [-0.05, 0) is 53.2 Å². The van der Waals surface area contributed by atoms with Crippen molar-refractivity contribution in [3.63, 3.8) is 0 Å². The third kappa shape index (κ3) is 2.94. The van der Waals surface area contributed by atoms with Gasteiger partial charge in [0.25, 0.3) is 0 Å². The van der Waals surface area contributed by atoms with Crippen LogP contribution in [0.4, 0.5) is 0 Å². The van der Waals surface area contributed by atoms with E-state index in [1.165, 1.54) is 34.5 Å². The van der Waals surface area contributed by atoms with Gasteiger partial charge in [0, 0.05) is 11.1 Å². The molecule has 2 aliphatic rings. The lowest BCUT2D eigenvalue weighted by atomic mass is 9.91. The maximum atomic E-state index is 11.7. The minimum Gasteiger partial charge on any atom is -0.236 e. The summed E-state index contributed by atoms with van der Waals surface area (Å²) in [5.74, 6) is 0. The van der Waals surface area contributed by atoms with Crippen molar-refractivity contribution in [1.82, 2.24) is 0 Å². The predicted octanol–water partition coefficient (Wildman–Crippen LogP) is 4.87. The molecule has 1 aromatic rings. The van der Waals surface area contributed by atoms with Gasteiger partial charge in [0.05, 0.1) is 6.57 Å². The highest BCUT2D eigenvalue weighted by Crippen LogP contribution is 2.44. The summed E-state index contributed by atoms with van der Waals surface area (Å²) in [4.78, 5) is 5.82. The molecule has 0 radical (unpaired) electrons. The second kappa shape index (κ2) is 6.07. The van der Waals surface area contributed by atoms with Crippen molar-refractivity contribution in [1.29, 1.82) is 0 Å². The van der Waals surface area contributed by atoms with Crippen LogP contribution in [0.3, 0.4) is 0 Å². The van der Waals surface area contributed by atoms with E-state index in [1.807, 2.05) is 11.5 Å². The van der Waals surface area contributed by atoms with Crippen LogP contribution in [0.25, 0.3) is 10.5 Å². The van der Waals surface area contributed by atoms with Crippen molar-refractivity contribution in [3.8, 4) is 0 Å². The second-order valence-corrected chi connectivity index (χ2v) is 9.62. The number of sulfone groups is 1. The number of rotatable bonds is 2. The molecule has 1 aliphatic carbocycles. The molecule has 1 aromatic heterocycles. The smallest absolute Gasteiger partial charge is 0.211 e. The Morgan fingerprint density at radius 3 is 2.73 bits per heavy atom. The third-order valence-corrected chi connectivity index (χ3v) is 7.65. The highest BCUT2D eigenvalue weighted by Gasteiger charge is 2.23. The summed E-state index contributed by atoms with van der Waals surface area (Å²) in [6.07, 6.45) is 7.65. The average Bonchev–Trinajstić information content (AvgIpc) is 2.98. The van der Waals surface area contributed by atoms with E-state index >= 15 is 0 Å². The number of nitrogens with zero attached hydrogens (tertiary/aromatic N) is 1. The maximum Gasteiger partial charge on any atom is 0.211 e. The van der Waals surface area contributed by atoms with Crippen molar-refractivity contribution >= 4 is 38.6 Å². The van der Waals surface area contributed by atoms with Crippen molar-refractivity contribution < 1.29 is 8.42 Å². The number of thiophene rings is 1. The van der Waals surface area contributed by atoms with Gasteiger partial charge in [-0.2, -0.15) is 0 Å². The summed E-state index contributed by atoms with van der Waals surface area (Å²) in [5, 5.41) is 2.04. The van der Waals surface area contributed by atoms with Crippen LogP contribution in [-0.4, -0.2) is 14.7 Å². The summed E-state index contributed by atoms with van der Waals surface area (Å²) < 4.78 is 23.6. The monoisotopic (exact) mass is 349 g/mol. The standard InChI is InChI=1S/C16H15NO2S3/c1-17-16(14-7-8-15(21-14)22(2,18)19)12-9-10-20-13-6-4-3-5-11(12)13/h7-10H,3-6H2,2H3/b16-12-. The van der Waals surface area contributed by atoms with Gasteiger partial charge in [0.1, 0.15) is 4.21 Å². The van der Waals surface area contributed by atoms with Crippen LogP contribution in [0.2, 0.25) is 0 Å². The average molecular weight is 350 g/mol. The van der Waals surface area contributed by atoms with Gasteiger partial charge in [-0.25, -0.2) is 13.3 Å². The Morgan fingerprint density at radius 2 is 2.05 bits per heavy atom. The lowest BCUT2D eigenvalue weighted by Crippen LogP contribution is -2.03. The van der Waals surface area contributed by atoms with E-state index in [2.05, 4.69) is 4.85 Å². The first-order valence-electron chi connectivity index (χ1n) is 6.98. The van der Waals surface area contributed by atoms with Crippen LogP contribution in [0.5, 0.6) is 0 Å².